The van der Waals surface area contributed by atoms with Gasteiger partial charge in [-0.15, -0.1) is 12.4 Å². The van der Waals surface area contributed by atoms with Crippen molar-refractivity contribution in [1.82, 2.24) is 5.32 Å². The molecule has 2 aromatic rings. The minimum atomic E-state index is -2.98. The first kappa shape index (κ1) is 21.7. The Hall–Kier alpha value is -2.32. The average molecular weight is 391 g/mol. The first-order valence-electron chi connectivity index (χ1n) is 7.79. The van der Waals surface area contributed by atoms with Crippen molar-refractivity contribution in [1.29, 1.82) is 0 Å². The Morgan fingerprint density at radius 2 is 2.12 bits per heavy atom. The molecule has 6 nitrogen and oxygen atoms in total. The molecule has 0 bridgehead atoms. The number of hydrogen-bond donors (Lipinski definition) is 2. The Balaban J connectivity index is 0.00000338. The number of furan rings is 1. The van der Waals surface area contributed by atoms with Gasteiger partial charge in [-0.3, -0.25) is 4.79 Å². The summed E-state index contributed by atoms with van der Waals surface area (Å²) in [6.07, 6.45) is 2.08. The molecule has 0 saturated heterocycles. The highest BCUT2D eigenvalue weighted by Gasteiger charge is 2.14. The third-order valence-electron chi connectivity index (χ3n) is 3.28. The van der Waals surface area contributed by atoms with E-state index in [1.807, 2.05) is 6.92 Å². The van der Waals surface area contributed by atoms with Crippen molar-refractivity contribution in [2.24, 2.45) is 5.73 Å². The Kier molecular flexibility index (Phi) is 8.87. The van der Waals surface area contributed by atoms with E-state index in [4.69, 9.17) is 14.9 Å². The molecule has 144 valence electrons. The summed E-state index contributed by atoms with van der Waals surface area (Å²) < 4.78 is 40.3. The van der Waals surface area contributed by atoms with Crippen LogP contribution in [0.1, 0.15) is 35.0 Å². The molecule has 1 amide bonds. The minimum Gasteiger partial charge on any atom is -0.493 e. The molecule has 0 aliphatic rings. The Morgan fingerprint density at radius 1 is 1.35 bits per heavy atom. The van der Waals surface area contributed by atoms with E-state index in [1.165, 1.54) is 18.4 Å². The van der Waals surface area contributed by atoms with Crippen molar-refractivity contribution in [3.63, 3.8) is 0 Å². The maximum absolute atomic E-state index is 12.6. The molecule has 0 atom stereocenters. The average Bonchev–Trinajstić information content (AvgIpc) is 3.07. The molecule has 1 aromatic carbocycles. The Labute approximate surface area is 156 Å². The molecular weight excluding hydrogens is 370 g/mol. The summed E-state index contributed by atoms with van der Waals surface area (Å²) in [5.74, 6) is 0.454. The fourth-order valence-corrected chi connectivity index (χ4v) is 2.08. The van der Waals surface area contributed by atoms with E-state index in [1.54, 1.807) is 12.1 Å². The number of ether oxygens (including phenoxy) is 2. The van der Waals surface area contributed by atoms with Crippen LogP contribution >= 0.6 is 12.4 Å². The number of halogens is 3. The summed E-state index contributed by atoms with van der Waals surface area (Å²) in [6.45, 7) is -0.380. The van der Waals surface area contributed by atoms with E-state index in [2.05, 4.69) is 10.1 Å². The molecule has 3 N–H and O–H groups in total. The van der Waals surface area contributed by atoms with E-state index >= 15 is 0 Å². The van der Waals surface area contributed by atoms with Crippen LogP contribution in [0.25, 0.3) is 0 Å². The van der Waals surface area contributed by atoms with Gasteiger partial charge in [-0.05, 0) is 24.6 Å². The minimum absolute atomic E-state index is 0. The van der Waals surface area contributed by atoms with Gasteiger partial charge in [0.1, 0.15) is 23.5 Å². The SMILES string of the molecule is CCCOc1ccc(CNC(=O)c2coc(CN)c2)c(OC(F)F)c1.Cl. The molecule has 0 fully saturated rings. The standard InChI is InChI=1S/C17H20F2N2O4.ClH/c1-2-5-23-13-4-3-11(15(7-13)25-17(18)19)9-21-16(22)12-6-14(8-20)24-10-12;/h3-4,6-7,10,17H,2,5,8-9,20H2,1H3,(H,21,22);1H. The molecular formula is C17H21ClF2N2O4. The Bertz CT molecular complexity index is 710. The van der Waals surface area contributed by atoms with Gasteiger partial charge in [-0.2, -0.15) is 8.78 Å². The van der Waals surface area contributed by atoms with E-state index in [0.717, 1.165) is 6.42 Å². The van der Waals surface area contributed by atoms with Crippen LogP contribution in [0.3, 0.4) is 0 Å². The van der Waals surface area contributed by atoms with Gasteiger partial charge in [0.25, 0.3) is 5.91 Å². The van der Waals surface area contributed by atoms with Crippen LogP contribution in [0.15, 0.2) is 34.9 Å². The van der Waals surface area contributed by atoms with Gasteiger partial charge in [0.05, 0.1) is 18.7 Å². The van der Waals surface area contributed by atoms with Crippen LogP contribution in [-0.4, -0.2) is 19.1 Å². The summed E-state index contributed by atoms with van der Waals surface area (Å²) in [5.41, 5.74) is 6.13. The molecule has 9 heteroatoms. The van der Waals surface area contributed by atoms with Crippen molar-refractivity contribution >= 4 is 18.3 Å². The predicted octanol–water partition coefficient (Wildman–Crippen LogP) is 3.48. The van der Waals surface area contributed by atoms with Crippen molar-refractivity contribution in [2.45, 2.75) is 33.0 Å². The zero-order chi connectivity index (χ0) is 18.2. The van der Waals surface area contributed by atoms with Gasteiger partial charge in [-0.1, -0.05) is 6.92 Å². The smallest absolute Gasteiger partial charge is 0.387 e. The Morgan fingerprint density at radius 3 is 2.73 bits per heavy atom. The van der Waals surface area contributed by atoms with Crippen LogP contribution in [0.2, 0.25) is 0 Å². The molecule has 1 heterocycles. The van der Waals surface area contributed by atoms with E-state index in [9.17, 15) is 13.6 Å². The summed E-state index contributed by atoms with van der Waals surface area (Å²) >= 11 is 0. The van der Waals surface area contributed by atoms with Crippen LogP contribution in [0, 0.1) is 0 Å². The van der Waals surface area contributed by atoms with Gasteiger partial charge >= 0.3 is 6.61 Å². The summed E-state index contributed by atoms with van der Waals surface area (Å²) in [5, 5.41) is 2.62. The lowest BCUT2D eigenvalue weighted by atomic mass is 10.2. The van der Waals surface area contributed by atoms with E-state index in [-0.39, 0.29) is 31.2 Å². The zero-order valence-corrected chi connectivity index (χ0v) is 15.0. The lowest BCUT2D eigenvalue weighted by Crippen LogP contribution is -2.23. The van der Waals surface area contributed by atoms with Crippen LogP contribution in [0.4, 0.5) is 8.78 Å². The number of nitrogens with two attached hydrogens (primary N) is 1. The van der Waals surface area contributed by atoms with Crippen LogP contribution in [-0.2, 0) is 13.1 Å². The third kappa shape index (κ3) is 6.20. The molecule has 0 aliphatic carbocycles. The first-order chi connectivity index (χ1) is 12.0. The number of hydrogen-bond acceptors (Lipinski definition) is 5. The highest BCUT2D eigenvalue weighted by molar-refractivity contribution is 5.93. The third-order valence-corrected chi connectivity index (χ3v) is 3.28. The second-order valence-corrected chi connectivity index (χ2v) is 5.18. The molecule has 0 radical (unpaired) electrons. The lowest BCUT2D eigenvalue weighted by Gasteiger charge is -2.13. The number of benzene rings is 1. The highest BCUT2D eigenvalue weighted by atomic mass is 35.5. The molecule has 0 spiro atoms. The lowest BCUT2D eigenvalue weighted by molar-refractivity contribution is -0.0505. The number of rotatable bonds is 9. The number of carbonyl (C=O) groups is 1. The largest absolute Gasteiger partial charge is 0.493 e. The van der Waals surface area contributed by atoms with Crippen LogP contribution < -0.4 is 20.5 Å². The second kappa shape index (κ2) is 10.6. The predicted molar refractivity (Wildman–Crippen MR) is 93.9 cm³/mol. The zero-order valence-electron chi connectivity index (χ0n) is 14.2. The topological polar surface area (TPSA) is 86.7 Å². The van der Waals surface area contributed by atoms with Crippen molar-refractivity contribution in [3.05, 3.63) is 47.4 Å². The maximum Gasteiger partial charge on any atom is 0.387 e. The van der Waals surface area contributed by atoms with Gasteiger partial charge in [-0.25, -0.2) is 0 Å². The summed E-state index contributed by atoms with van der Waals surface area (Å²) in [6, 6.07) is 6.12. The first-order valence-corrected chi connectivity index (χ1v) is 7.79. The molecule has 0 aliphatic heterocycles. The van der Waals surface area contributed by atoms with E-state index in [0.29, 0.717) is 29.2 Å². The number of carbonyl (C=O) groups excluding carboxylic acids is 1. The molecule has 1 aromatic heterocycles. The summed E-state index contributed by atoms with van der Waals surface area (Å²) in [7, 11) is 0. The normalized spacial score (nSPS) is 10.3. The van der Waals surface area contributed by atoms with Crippen molar-refractivity contribution in [2.75, 3.05) is 6.61 Å². The maximum atomic E-state index is 12.6. The number of nitrogens with one attached hydrogen (secondary N) is 1. The van der Waals surface area contributed by atoms with Gasteiger partial charge in [0.15, 0.2) is 0 Å². The number of amides is 1. The highest BCUT2D eigenvalue weighted by Crippen LogP contribution is 2.27. The molecule has 0 saturated carbocycles. The fraction of sp³-hybridized carbons (Fsp3) is 0.353. The molecule has 26 heavy (non-hydrogen) atoms. The number of alkyl halides is 2. The van der Waals surface area contributed by atoms with Gasteiger partial charge < -0.3 is 24.9 Å². The van der Waals surface area contributed by atoms with Crippen molar-refractivity contribution < 1.29 is 27.5 Å². The van der Waals surface area contributed by atoms with Gasteiger partial charge in [0.2, 0.25) is 0 Å². The molecule has 2 rings (SSSR count). The fourth-order valence-electron chi connectivity index (χ4n) is 2.08. The van der Waals surface area contributed by atoms with E-state index < -0.39 is 12.5 Å². The van der Waals surface area contributed by atoms with Crippen molar-refractivity contribution in [3.8, 4) is 11.5 Å². The monoisotopic (exact) mass is 390 g/mol. The quantitative estimate of drug-likeness (QED) is 0.684. The molecule has 0 unspecified atom stereocenters. The van der Waals surface area contributed by atoms with Gasteiger partial charge in [0, 0.05) is 18.2 Å². The second-order valence-electron chi connectivity index (χ2n) is 5.18. The van der Waals surface area contributed by atoms with Crippen LogP contribution in [0.5, 0.6) is 11.5 Å². The summed E-state index contributed by atoms with van der Waals surface area (Å²) in [4.78, 5) is 12.1.